The highest BCUT2D eigenvalue weighted by molar-refractivity contribution is 5.53. The molecule has 3 aromatic rings. The number of methoxy groups -OCH3 is 1. The van der Waals surface area contributed by atoms with Crippen LogP contribution in [0.15, 0.2) is 48.5 Å². The zero-order valence-corrected chi connectivity index (χ0v) is 16.5. The third-order valence-electron chi connectivity index (χ3n) is 5.59. The predicted octanol–water partition coefficient (Wildman–Crippen LogP) is 4.70. The number of aryl methyl sites for hydroxylation is 1. The number of para-hydroxylation sites is 1. The number of hydrogen-bond acceptors (Lipinski definition) is 5. The number of tetrazole rings is 1. The van der Waals surface area contributed by atoms with Gasteiger partial charge in [-0.15, -0.1) is 5.10 Å². The van der Waals surface area contributed by atoms with E-state index in [2.05, 4.69) is 58.1 Å². The Hall–Kier alpha value is -2.89. The maximum absolute atomic E-state index is 5.33. The van der Waals surface area contributed by atoms with Crippen LogP contribution in [0.5, 0.6) is 5.75 Å². The summed E-state index contributed by atoms with van der Waals surface area (Å²) in [6.07, 6.45) is 6.05. The lowest BCUT2D eigenvalue weighted by Gasteiger charge is -2.26. The van der Waals surface area contributed by atoms with Crippen LogP contribution in [0.25, 0.3) is 0 Å². The lowest BCUT2D eigenvalue weighted by atomic mass is 9.95. The van der Waals surface area contributed by atoms with E-state index in [4.69, 9.17) is 4.74 Å². The fraction of sp³-hybridized carbons (Fsp3) is 0.409. The van der Waals surface area contributed by atoms with Gasteiger partial charge in [-0.1, -0.05) is 49.6 Å². The first-order valence-electron chi connectivity index (χ1n) is 10.00. The summed E-state index contributed by atoms with van der Waals surface area (Å²) in [7, 11) is 1.68. The molecule has 0 spiro atoms. The summed E-state index contributed by atoms with van der Waals surface area (Å²) in [6.45, 7) is 2.11. The average Bonchev–Trinajstić information content (AvgIpc) is 3.23. The van der Waals surface area contributed by atoms with Gasteiger partial charge in [0.2, 0.25) is 0 Å². The van der Waals surface area contributed by atoms with E-state index in [-0.39, 0.29) is 6.04 Å². The lowest BCUT2D eigenvalue weighted by Crippen LogP contribution is -2.23. The van der Waals surface area contributed by atoms with Crippen LogP contribution in [0.2, 0.25) is 0 Å². The summed E-state index contributed by atoms with van der Waals surface area (Å²) in [5, 5.41) is 16.5. The van der Waals surface area contributed by atoms with Gasteiger partial charge in [-0.3, -0.25) is 0 Å². The van der Waals surface area contributed by atoms with E-state index < -0.39 is 0 Å². The van der Waals surface area contributed by atoms with E-state index in [9.17, 15) is 0 Å². The number of hydrogen-bond donors (Lipinski definition) is 1. The summed E-state index contributed by atoms with van der Waals surface area (Å²) >= 11 is 0. The van der Waals surface area contributed by atoms with Crippen molar-refractivity contribution in [1.29, 1.82) is 0 Å². The Bertz CT molecular complexity index is 899. The number of anilines is 1. The summed E-state index contributed by atoms with van der Waals surface area (Å²) in [4.78, 5) is 0. The van der Waals surface area contributed by atoms with Crippen LogP contribution in [0.1, 0.15) is 61.1 Å². The van der Waals surface area contributed by atoms with E-state index in [1.807, 2.05) is 22.9 Å². The molecule has 146 valence electrons. The molecule has 1 fully saturated rings. The molecule has 0 amide bonds. The maximum atomic E-state index is 5.33. The molecule has 4 rings (SSSR count). The molecule has 1 unspecified atom stereocenters. The van der Waals surface area contributed by atoms with Crippen LogP contribution in [0, 0.1) is 6.92 Å². The standard InChI is InChI=1S/C22H27N5O/c1-16-8-6-7-11-20(16)23-21(17-12-14-19(28-2)15-13-17)22-24-25-26-27(22)18-9-4-3-5-10-18/h6-8,11-15,18,21,23H,3-5,9-10H2,1-2H3. The molecule has 0 aliphatic heterocycles. The maximum Gasteiger partial charge on any atom is 0.178 e. The number of nitrogens with one attached hydrogen (secondary N) is 1. The molecule has 1 aliphatic carbocycles. The van der Waals surface area contributed by atoms with Crippen molar-refractivity contribution < 1.29 is 4.74 Å². The number of rotatable bonds is 6. The molecule has 0 radical (unpaired) electrons. The Morgan fingerprint density at radius 1 is 1.04 bits per heavy atom. The minimum Gasteiger partial charge on any atom is -0.497 e. The lowest BCUT2D eigenvalue weighted by molar-refractivity contribution is 0.315. The monoisotopic (exact) mass is 377 g/mol. The minimum atomic E-state index is -0.135. The topological polar surface area (TPSA) is 64.9 Å². The van der Waals surface area contributed by atoms with Crippen molar-refractivity contribution in [1.82, 2.24) is 20.2 Å². The van der Waals surface area contributed by atoms with E-state index >= 15 is 0 Å². The quantitative estimate of drug-likeness (QED) is 0.675. The van der Waals surface area contributed by atoms with Crippen molar-refractivity contribution in [2.24, 2.45) is 0 Å². The highest BCUT2D eigenvalue weighted by Crippen LogP contribution is 2.33. The molecule has 0 bridgehead atoms. The summed E-state index contributed by atoms with van der Waals surface area (Å²) < 4.78 is 7.37. The van der Waals surface area contributed by atoms with Crippen LogP contribution in [-0.2, 0) is 0 Å². The highest BCUT2D eigenvalue weighted by Gasteiger charge is 2.26. The van der Waals surface area contributed by atoms with Crippen LogP contribution in [0.4, 0.5) is 5.69 Å². The number of benzene rings is 2. The molecule has 0 saturated heterocycles. The SMILES string of the molecule is COc1ccc(C(Nc2ccccc2C)c2nnnn2C2CCCCC2)cc1. The zero-order chi connectivity index (χ0) is 19.3. The zero-order valence-electron chi connectivity index (χ0n) is 16.5. The van der Waals surface area contributed by atoms with Crippen LogP contribution in [-0.4, -0.2) is 27.3 Å². The van der Waals surface area contributed by atoms with Gasteiger partial charge in [-0.25, -0.2) is 4.68 Å². The molecule has 2 aromatic carbocycles. The summed E-state index contributed by atoms with van der Waals surface area (Å²) in [6, 6.07) is 16.7. The normalized spacial score (nSPS) is 15.9. The van der Waals surface area contributed by atoms with Gasteiger partial charge >= 0.3 is 0 Å². The molecule has 1 saturated carbocycles. The van der Waals surface area contributed by atoms with Gasteiger partial charge in [-0.2, -0.15) is 0 Å². The van der Waals surface area contributed by atoms with Crippen molar-refractivity contribution >= 4 is 5.69 Å². The molecular formula is C22H27N5O. The van der Waals surface area contributed by atoms with E-state index in [1.165, 1.54) is 24.8 Å². The van der Waals surface area contributed by atoms with Crippen molar-refractivity contribution in [3.8, 4) is 5.75 Å². The molecule has 6 nitrogen and oxygen atoms in total. The second kappa shape index (κ2) is 8.42. The first-order chi connectivity index (χ1) is 13.8. The molecule has 1 N–H and O–H groups in total. The van der Waals surface area contributed by atoms with Gasteiger partial charge in [0.15, 0.2) is 5.82 Å². The third-order valence-corrected chi connectivity index (χ3v) is 5.59. The summed E-state index contributed by atoms with van der Waals surface area (Å²) in [5.41, 5.74) is 3.38. The van der Waals surface area contributed by atoms with Crippen LogP contribution in [0.3, 0.4) is 0 Å². The van der Waals surface area contributed by atoms with Gasteiger partial charge in [0.25, 0.3) is 0 Å². The predicted molar refractivity (Wildman–Crippen MR) is 110 cm³/mol. The first kappa shape index (κ1) is 18.5. The number of ether oxygens (including phenoxy) is 1. The van der Waals surface area contributed by atoms with E-state index in [1.54, 1.807) is 7.11 Å². The van der Waals surface area contributed by atoms with E-state index in [0.717, 1.165) is 35.7 Å². The van der Waals surface area contributed by atoms with Crippen molar-refractivity contribution in [2.75, 3.05) is 12.4 Å². The molecule has 1 atom stereocenters. The van der Waals surface area contributed by atoms with Crippen LogP contribution >= 0.6 is 0 Å². The number of nitrogens with zero attached hydrogens (tertiary/aromatic N) is 4. The van der Waals surface area contributed by atoms with Crippen molar-refractivity contribution in [3.63, 3.8) is 0 Å². The van der Waals surface area contributed by atoms with E-state index in [0.29, 0.717) is 6.04 Å². The van der Waals surface area contributed by atoms with Crippen molar-refractivity contribution in [2.45, 2.75) is 51.1 Å². The number of aromatic nitrogens is 4. The fourth-order valence-corrected chi connectivity index (χ4v) is 3.96. The first-order valence-corrected chi connectivity index (χ1v) is 10.00. The Morgan fingerprint density at radius 2 is 1.79 bits per heavy atom. The average molecular weight is 377 g/mol. The highest BCUT2D eigenvalue weighted by atomic mass is 16.5. The van der Waals surface area contributed by atoms with Crippen LogP contribution < -0.4 is 10.1 Å². The molecular weight excluding hydrogens is 350 g/mol. The molecule has 1 aromatic heterocycles. The molecule has 1 heterocycles. The Morgan fingerprint density at radius 3 is 2.50 bits per heavy atom. The summed E-state index contributed by atoms with van der Waals surface area (Å²) in [5.74, 6) is 1.70. The second-order valence-electron chi connectivity index (χ2n) is 7.44. The molecule has 1 aliphatic rings. The van der Waals surface area contributed by atoms with Gasteiger partial charge in [0.1, 0.15) is 11.8 Å². The van der Waals surface area contributed by atoms with Crippen molar-refractivity contribution in [3.05, 3.63) is 65.5 Å². The van der Waals surface area contributed by atoms with Gasteiger partial charge in [-0.05, 0) is 59.5 Å². The fourth-order valence-electron chi connectivity index (χ4n) is 3.96. The molecule has 28 heavy (non-hydrogen) atoms. The second-order valence-corrected chi connectivity index (χ2v) is 7.44. The smallest absolute Gasteiger partial charge is 0.178 e. The van der Waals surface area contributed by atoms with Gasteiger partial charge in [0.05, 0.1) is 13.2 Å². The minimum absolute atomic E-state index is 0.135. The van der Waals surface area contributed by atoms with Gasteiger partial charge < -0.3 is 10.1 Å². The third kappa shape index (κ3) is 3.86. The Balaban J connectivity index is 1.72. The van der Waals surface area contributed by atoms with Gasteiger partial charge in [0, 0.05) is 5.69 Å². The Labute approximate surface area is 165 Å². The molecule has 6 heteroatoms. The Kier molecular flexibility index (Phi) is 5.55. The largest absolute Gasteiger partial charge is 0.497 e.